The Balaban J connectivity index is 1.74. The Morgan fingerprint density at radius 2 is 2.04 bits per heavy atom. The molecule has 0 atom stereocenters. The average Bonchev–Trinajstić information content (AvgIpc) is 3.30. The van der Waals surface area contributed by atoms with Crippen LogP contribution < -0.4 is 20.6 Å². The summed E-state index contributed by atoms with van der Waals surface area (Å²) < 4.78 is 6.64. The molecule has 0 radical (unpaired) electrons. The number of nitrogens with one attached hydrogen (secondary N) is 1. The van der Waals surface area contributed by atoms with E-state index >= 15 is 0 Å². The summed E-state index contributed by atoms with van der Waals surface area (Å²) in [6, 6.07) is 11.1. The van der Waals surface area contributed by atoms with Gasteiger partial charge in [-0.15, -0.1) is 0 Å². The summed E-state index contributed by atoms with van der Waals surface area (Å²) in [4.78, 5) is 27.8. The molecule has 136 valence electrons. The van der Waals surface area contributed by atoms with E-state index in [9.17, 15) is 14.7 Å². The maximum absolute atomic E-state index is 13.2. The first-order valence-electron chi connectivity index (χ1n) is 8.72. The number of pyridine rings is 1. The first-order valence-corrected chi connectivity index (χ1v) is 8.72. The van der Waals surface area contributed by atoms with E-state index in [-0.39, 0.29) is 11.3 Å². The van der Waals surface area contributed by atoms with Gasteiger partial charge >= 0.3 is 0 Å². The standard InChI is InChI=1S/C20H17N3O4/c1-27-13-8-12-10-21-23-17(12)14(9-13)18(24)16(20(23)26)19(25)22-7-6-11-4-2-3-5-15(11)22/h2-5,8-9,21,24H,6-7,10H2,1H3. The van der Waals surface area contributed by atoms with Crippen LogP contribution in [0.2, 0.25) is 0 Å². The zero-order chi connectivity index (χ0) is 18.7. The van der Waals surface area contributed by atoms with Gasteiger partial charge in [0.25, 0.3) is 11.5 Å². The normalized spacial score (nSPS) is 14.3. The summed E-state index contributed by atoms with van der Waals surface area (Å²) in [5.41, 5.74) is 5.47. The number of anilines is 1. The molecule has 2 aliphatic heterocycles. The molecule has 0 saturated heterocycles. The van der Waals surface area contributed by atoms with Crippen molar-refractivity contribution in [2.75, 3.05) is 24.0 Å². The van der Waals surface area contributed by atoms with Gasteiger partial charge in [0.15, 0.2) is 0 Å². The lowest BCUT2D eigenvalue weighted by atomic mass is 10.1. The van der Waals surface area contributed by atoms with Gasteiger partial charge in [0.05, 0.1) is 19.2 Å². The van der Waals surface area contributed by atoms with Gasteiger partial charge in [0.1, 0.15) is 17.1 Å². The zero-order valence-corrected chi connectivity index (χ0v) is 14.7. The molecule has 2 aromatic carbocycles. The maximum Gasteiger partial charge on any atom is 0.286 e. The third-order valence-corrected chi connectivity index (χ3v) is 5.30. The molecular formula is C20H17N3O4. The van der Waals surface area contributed by atoms with Gasteiger partial charge in [-0.2, -0.15) is 0 Å². The van der Waals surface area contributed by atoms with Crippen LogP contribution in [0, 0.1) is 0 Å². The van der Waals surface area contributed by atoms with E-state index in [0.717, 1.165) is 23.2 Å². The molecule has 3 aromatic rings. The van der Waals surface area contributed by atoms with Crippen molar-refractivity contribution in [2.24, 2.45) is 0 Å². The lowest BCUT2D eigenvalue weighted by molar-refractivity contribution is 0.0985. The number of carbonyl (C=O) groups excluding carboxylic acids is 1. The van der Waals surface area contributed by atoms with Crippen LogP contribution in [-0.2, 0) is 13.0 Å². The smallest absolute Gasteiger partial charge is 0.286 e. The summed E-state index contributed by atoms with van der Waals surface area (Å²) in [6.07, 6.45) is 0.723. The average molecular weight is 363 g/mol. The molecule has 0 aliphatic carbocycles. The van der Waals surface area contributed by atoms with Gasteiger partial charge < -0.3 is 20.2 Å². The second-order valence-electron chi connectivity index (χ2n) is 6.72. The van der Waals surface area contributed by atoms with E-state index in [0.29, 0.717) is 29.7 Å². The van der Waals surface area contributed by atoms with Crippen molar-refractivity contribution in [2.45, 2.75) is 13.0 Å². The minimum absolute atomic E-state index is 0.229. The van der Waals surface area contributed by atoms with E-state index in [2.05, 4.69) is 5.43 Å². The zero-order valence-electron chi connectivity index (χ0n) is 14.7. The Morgan fingerprint density at radius 1 is 1.22 bits per heavy atom. The highest BCUT2D eigenvalue weighted by molar-refractivity contribution is 6.11. The Hall–Kier alpha value is -3.48. The van der Waals surface area contributed by atoms with E-state index < -0.39 is 11.5 Å². The summed E-state index contributed by atoms with van der Waals surface area (Å²) in [5, 5.41) is 11.3. The van der Waals surface area contributed by atoms with Gasteiger partial charge in [-0.3, -0.25) is 9.59 Å². The van der Waals surface area contributed by atoms with Crippen LogP contribution in [0.1, 0.15) is 21.5 Å². The third kappa shape index (κ3) is 2.08. The highest BCUT2D eigenvalue weighted by Crippen LogP contribution is 2.36. The fourth-order valence-electron chi connectivity index (χ4n) is 4.00. The highest BCUT2D eigenvalue weighted by atomic mass is 16.5. The Labute approximate surface area is 154 Å². The van der Waals surface area contributed by atoms with Crippen LogP contribution in [0.25, 0.3) is 10.9 Å². The topological polar surface area (TPSA) is 83.8 Å². The van der Waals surface area contributed by atoms with E-state index in [1.54, 1.807) is 11.0 Å². The van der Waals surface area contributed by atoms with Crippen LogP contribution in [0.5, 0.6) is 11.5 Å². The number of methoxy groups -OCH3 is 1. The SMILES string of the molecule is COc1cc2c3c(c1)c(O)c(C(=O)N1CCc4ccccc41)c(=O)n3NC2. The molecule has 3 heterocycles. The Bertz CT molecular complexity index is 1180. The molecule has 5 rings (SSSR count). The predicted octanol–water partition coefficient (Wildman–Crippen LogP) is 1.98. The molecule has 0 fully saturated rings. The molecular weight excluding hydrogens is 346 g/mol. The van der Waals surface area contributed by atoms with Crippen molar-refractivity contribution in [1.82, 2.24) is 4.68 Å². The number of aromatic hydroxyl groups is 1. The Morgan fingerprint density at radius 3 is 2.85 bits per heavy atom. The lowest BCUT2D eigenvalue weighted by Crippen LogP contribution is -2.37. The van der Waals surface area contributed by atoms with Crippen molar-refractivity contribution < 1.29 is 14.6 Å². The number of hydrogen-bond acceptors (Lipinski definition) is 5. The number of hydrogen-bond donors (Lipinski definition) is 2. The van der Waals surface area contributed by atoms with Gasteiger partial charge in [-0.1, -0.05) is 18.2 Å². The molecule has 0 saturated carbocycles. The summed E-state index contributed by atoms with van der Waals surface area (Å²) in [5.74, 6) is -0.234. The van der Waals surface area contributed by atoms with Crippen LogP contribution in [0.4, 0.5) is 5.69 Å². The largest absolute Gasteiger partial charge is 0.506 e. The molecule has 7 nitrogen and oxygen atoms in total. The minimum Gasteiger partial charge on any atom is -0.506 e. The molecule has 0 bridgehead atoms. The minimum atomic E-state index is -0.543. The molecule has 1 amide bonds. The molecule has 1 aromatic heterocycles. The molecule has 0 spiro atoms. The molecule has 2 N–H and O–H groups in total. The summed E-state index contributed by atoms with van der Waals surface area (Å²) in [6.45, 7) is 0.901. The fraction of sp³-hybridized carbons (Fsp3) is 0.200. The highest BCUT2D eigenvalue weighted by Gasteiger charge is 2.32. The fourth-order valence-corrected chi connectivity index (χ4v) is 4.00. The van der Waals surface area contributed by atoms with Crippen molar-refractivity contribution in [1.29, 1.82) is 0 Å². The number of benzene rings is 2. The monoisotopic (exact) mass is 363 g/mol. The second-order valence-corrected chi connectivity index (χ2v) is 6.72. The molecule has 2 aliphatic rings. The second kappa shape index (κ2) is 5.51. The number of ether oxygens (including phenoxy) is 1. The van der Waals surface area contributed by atoms with Crippen molar-refractivity contribution in [3.05, 3.63) is 63.4 Å². The molecule has 7 heteroatoms. The van der Waals surface area contributed by atoms with Crippen molar-refractivity contribution >= 4 is 22.5 Å². The lowest BCUT2D eigenvalue weighted by Gasteiger charge is -2.19. The number of nitrogens with zero attached hydrogens (tertiary/aromatic N) is 2. The first-order chi connectivity index (χ1) is 13.1. The quantitative estimate of drug-likeness (QED) is 0.727. The number of amides is 1. The summed E-state index contributed by atoms with van der Waals surface area (Å²) >= 11 is 0. The van der Waals surface area contributed by atoms with Crippen molar-refractivity contribution in [3.63, 3.8) is 0 Å². The number of para-hydroxylation sites is 1. The Kier molecular flexibility index (Phi) is 3.21. The summed E-state index contributed by atoms with van der Waals surface area (Å²) in [7, 11) is 1.54. The maximum atomic E-state index is 13.2. The number of rotatable bonds is 2. The van der Waals surface area contributed by atoms with E-state index in [4.69, 9.17) is 4.74 Å². The number of aromatic nitrogens is 1. The van der Waals surface area contributed by atoms with Gasteiger partial charge in [0.2, 0.25) is 0 Å². The van der Waals surface area contributed by atoms with Crippen LogP contribution in [-0.4, -0.2) is 29.3 Å². The van der Waals surface area contributed by atoms with Crippen LogP contribution in [0.15, 0.2) is 41.2 Å². The van der Waals surface area contributed by atoms with Crippen LogP contribution in [0.3, 0.4) is 0 Å². The first kappa shape index (κ1) is 15.7. The molecule has 27 heavy (non-hydrogen) atoms. The molecule has 0 unspecified atom stereocenters. The van der Waals surface area contributed by atoms with Crippen LogP contribution >= 0.6 is 0 Å². The van der Waals surface area contributed by atoms with E-state index in [1.807, 2.05) is 30.3 Å². The van der Waals surface area contributed by atoms with Gasteiger partial charge in [0, 0.05) is 23.2 Å². The number of fused-ring (bicyclic) bond motifs is 1. The van der Waals surface area contributed by atoms with Gasteiger partial charge in [-0.05, 0) is 30.2 Å². The third-order valence-electron chi connectivity index (χ3n) is 5.30. The predicted molar refractivity (Wildman–Crippen MR) is 101 cm³/mol. The van der Waals surface area contributed by atoms with Gasteiger partial charge in [-0.25, -0.2) is 4.68 Å². The number of carbonyl (C=O) groups is 1. The van der Waals surface area contributed by atoms with Crippen molar-refractivity contribution in [3.8, 4) is 11.5 Å². The van der Waals surface area contributed by atoms with E-state index in [1.165, 1.54) is 11.8 Å².